The number of ether oxygens (including phenoxy) is 1. The minimum absolute atomic E-state index is 0.0541. The number of halogens is 2. The van der Waals surface area contributed by atoms with Gasteiger partial charge in [0.15, 0.2) is 0 Å². The first-order valence-corrected chi connectivity index (χ1v) is 17.7. The second-order valence-corrected chi connectivity index (χ2v) is 13.7. The van der Waals surface area contributed by atoms with Crippen LogP contribution >= 0.6 is 15.9 Å². The van der Waals surface area contributed by atoms with Crippen molar-refractivity contribution in [2.24, 2.45) is 0 Å². The van der Waals surface area contributed by atoms with Crippen molar-refractivity contribution in [3.8, 4) is 5.75 Å². The van der Waals surface area contributed by atoms with Crippen LogP contribution in [0.15, 0.2) is 112 Å². The van der Waals surface area contributed by atoms with E-state index in [2.05, 4.69) is 21.2 Å². The van der Waals surface area contributed by atoms with Crippen LogP contribution in [0.1, 0.15) is 37.8 Å². The number of hydrogen-bond donors (Lipinski definition) is 1. The van der Waals surface area contributed by atoms with Gasteiger partial charge in [-0.3, -0.25) is 13.9 Å². The van der Waals surface area contributed by atoms with Crippen molar-refractivity contribution >= 4 is 43.5 Å². The summed E-state index contributed by atoms with van der Waals surface area (Å²) in [6.07, 6.45) is 1.87. The second-order valence-electron chi connectivity index (χ2n) is 10.9. The summed E-state index contributed by atoms with van der Waals surface area (Å²) < 4.78 is 49.4. The summed E-state index contributed by atoms with van der Waals surface area (Å²) >= 11 is 3.44. The fourth-order valence-electron chi connectivity index (χ4n) is 4.98. The van der Waals surface area contributed by atoms with Crippen molar-refractivity contribution in [3.05, 3.63) is 125 Å². The Morgan fingerprint density at radius 3 is 2.15 bits per heavy atom. The van der Waals surface area contributed by atoms with E-state index < -0.39 is 34.3 Å². The summed E-state index contributed by atoms with van der Waals surface area (Å²) in [6.45, 7) is 4.16. The maximum absolute atomic E-state index is 14.5. The van der Waals surface area contributed by atoms with Crippen LogP contribution in [0.3, 0.4) is 0 Å². The Morgan fingerprint density at radius 1 is 0.872 bits per heavy atom. The van der Waals surface area contributed by atoms with E-state index in [0.717, 1.165) is 57.0 Å². The Bertz CT molecular complexity index is 1700. The molecule has 0 aliphatic heterocycles. The third-order valence-corrected chi connectivity index (χ3v) is 9.80. The molecule has 4 rings (SSSR count). The number of carbonyl (C=O) groups excluding carboxylic acids is 2. The highest BCUT2D eigenvalue weighted by atomic mass is 79.9. The highest BCUT2D eigenvalue weighted by molar-refractivity contribution is 9.10. The van der Waals surface area contributed by atoms with E-state index in [1.165, 1.54) is 4.90 Å². The molecule has 11 heteroatoms. The summed E-state index contributed by atoms with van der Waals surface area (Å²) in [5, 5.41) is 2.98. The molecule has 0 heterocycles. The van der Waals surface area contributed by atoms with E-state index in [1.54, 1.807) is 24.3 Å². The molecule has 47 heavy (non-hydrogen) atoms. The highest BCUT2D eigenvalue weighted by Gasteiger charge is 2.34. The van der Waals surface area contributed by atoms with Crippen molar-refractivity contribution in [1.29, 1.82) is 0 Å². The first-order valence-electron chi connectivity index (χ1n) is 15.5. The molecule has 1 N–H and O–H groups in total. The lowest BCUT2D eigenvalue weighted by atomic mass is 10.0. The largest absolute Gasteiger partial charge is 0.494 e. The van der Waals surface area contributed by atoms with Crippen molar-refractivity contribution in [3.63, 3.8) is 0 Å². The summed E-state index contributed by atoms with van der Waals surface area (Å²) in [6, 6.07) is 26.6. The number of rotatable bonds is 16. The molecule has 8 nitrogen and oxygen atoms in total. The predicted molar refractivity (Wildman–Crippen MR) is 185 cm³/mol. The summed E-state index contributed by atoms with van der Waals surface area (Å²) in [7, 11) is -4.35. The Labute approximate surface area is 284 Å². The van der Waals surface area contributed by atoms with Gasteiger partial charge in [-0.25, -0.2) is 12.8 Å². The first-order chi connectivity index (χ1) is 22.6. The second kappa shape index (κ2) is 17.1. The zero-order chi connectivity index (χ0) is 33.8. The average molecular weight is 725 g/mol. The number of nitrogens with one attached hydrogen (secondary N) is 1. The lowest BCUT2D eigenvalue weighted by Crippen LogP contribution is -2.53. The molecular formula is C36H39BrFN3O5S. The van der Waals surface area contributed by atoms with Gasteiger partial charge in [-0.2, -0.15) is 0 Å². The molecule has 0 aromatic heterocycles. The van der Waals surface area contributed by atoms with E-state index in [4.69, 9.17) is 4.74 Å². The minimum Gasteiger partial charge on any atom is -0.494 e. The van der Waals surface area contributed by atoms with Crippen molar-refractivity contribution < 1.29 is 27.1 Å². The van der Waals surface area contributed by atoms with Gasteiger partial charge in [0.25, 0.3) is 10.0 Å². The lowest BCUT2D eigenvalue weighted by molar-refractivity contribution is -0.140. The zero-order valence-electron chi connectivity index (χ0n) is 26.4. The van der Waals surface area contributed by atoms with Gasteiger partial charge < -0.3 is 15.0 Å². The molecule has 248 valence electrons. The lowest BCUT2D eigenvalue weighted by Gasteiger charge is -2.34. The molecule has 0 saturated heterocycles. The van der Waals surface area contributed by atoms with E-state index >= 15 is 0 Å². The Morgan fingerprint density at radius 2 is 1.53 bits per heavy atom. The number of nitrogens with zero attached hydrogens (tertiary/aromatic N) is 2. The zero-order valence-corrected chi connectivity index (χ0v) is 28.8. The SMILES string of the molecule is CCCCNC(=O)C(Cc1ccccc1)N(Cc1ccc(Br)cc1)C(=O)CN(c1ccc(OCC)cc1)S(=O)(=O)c1ccc(F)cc1. The number of carbonyl (C=O) groups is 2. The molecule has 0 spiro atoms. The minimum atomic E-state index is -4.35. The van der Waals surface area contributed by atoms with Gasteiger partial charge in [-0.15, -0.1) is 0 Å². The fourth-order valence-corrected chi connectivity index (χ4v) is 6.66. The molecule has 4 aromatic rings. The standard InChI is InChI=1S/C36H39BrFN3O5S/c1-3-5-23-39-36(43)34(24-27-9-7-6-8-10-27)40(25-28-11-13-29(37)14-12-28)35(42)26-41(31-17-19-32(20-18-31)46-4-2)47(44,45)33-21-15-30(38)16-22-33/h6-22,34H,3-5,23-26H2,1-2H3,(H,39,43). The number of amides is 2. The van der Waals surface area contributed by atoms with Crippen molar-refractivity contribution in [1.82, 2.24) is 10.2 Å². The molecular weight excluding hydrogens is 685 g/mol. The van der Waals surface area contributed by atoms with Gasteiger partial charge in [0.1, 0.15) is 24.2 Å². The predicted octanol–water partition coefficient (Wildman–Crippen LogP) is 6.74. The molecule has 1 atom stereocenters. The highest BCUT2D eigenvalue weighted by Crippen LogP contribution is 2.27. The first kappa shape index (κ1) is 35.6. The average Bonchev–Trinajstić information content (AvgIpc) is 3.07. The molecule has 0 aliphatic carbocycles. The molecule has 4 aromatic carbocycles. The summed E-state index contributed by atoms with van der Waals surface area (Å²) in [5.41, 5.74) is 1.82. The molecule has 0 radical (unpaired) electrons. The number of hydrogen-bond acceptors (Lipinski definition) is 5. The maximum atomic E-state index is 14.5. The van der Waals surface area contributed by atoms with Crippen LogP contribution in [0.5, 0.6) is 5.75 Å². The van der Waals surface area contributed by atoms with E-state index in [-0.39, 0.29) is 29.5 Å². The third kappa shape index (κ3) is 9.89. The molecule has 0 saturated carbocycles. The normalized spacial score (nSPS) is 11.8. The van der Waals surface area contributed by atoms with Crippen LogP contribution in [0.2, 0.25) is 0 Å². The van der Waals surface area contributed by atoms with Crippen molar-refractivity contribution in [2.75, 3.05) is 24.0 Å². The van der Waals surface area contributed by atoms with Gasteiger partial charge in [0.2, 0.25) is 11.8 Å². The van der Waals surface area contributed by atoms with Crippen LogP contribution in [-0.4, -0.2) is 50.9 Å². The molecule has 0 fully saturated rings. The van der Waals surface area contributed by atoms with Crippen molar-refractivity contribution in [2.45, 2.75) is 50.6 Å². The van der Waals surface area contributed by atoms with E-state index in [1.807, 2.05) is 68.4 Å². The Balaban J connectivity index is 1.78. The molecule has 2 amide bonds. The quantitative estimate of drug-likeness (QED) is 0.129. The molecule has 0 bridgehead atoms. The molecule has 1 unspecified atom stereocenters. The van der Waals surface area contributed by atoms with Crippen LogP contribution in [0.4, 0.5) is 10.1 Å². The van der Waals surface area contributed by atoms with Gasteiger partial charge >= 0.3 is 0 Å². The van der Waals surface area contributed by atoms with Gasteiger partial charge in [-0.05, 0) is 85.1 Å². The van der Waals surface area contributed by atoms with E-state index in [9.17, 15) is 22.4 Å². The number of benzene rings is 4. The van der Waals surface area contributed by atoms with Gasteiger partial charge in [0.05, 0.1) is 17.2 Å². The number of sulfonamides is 1. The van der Waals surface area contributed by atoms with Crippen LogP contribution < -0.4 is 14.4 Å². The third-order valence-electron chi connectivity index (χ3n) is 7.48. The smallest absolute Gasteiger partial charge is 0.264 e. The summed E-state index contributed by atoms with van der Waals surface area (Å²) in [5.74, 6) is -0.975. The fraction of sp³-hybridized carbons (Fsp3) is 0.278. The van der Waals surface area contributed by atoms with Gasteiger partial charge in [-0.1, -0.05) is 71.7 Å². The summed E-state index contributed by atoms with van der Waals surface area (Å²) in [4.78, 5) is 29.6. The molecule has 0 aliphatic rings. The van der Waals surface area contributed by atoms with Crippen LogP contribution in [-0.2, 0) is 32.6 Å². The number of anilines is 1. The van der Waals surface area contributed by atoms with Crippen LogP contribution in [0, 0.1) is 5.82 Å². The Kier molecular flexibility index (Phi) is 12.9. The van der Waals surface area contributed by atoms with E-state index in [0.29, 0.717) is 18.9 Å². The maximum Gasteiger partial charge on any atom is 0.264 e. The number of unbranched alkanes of at least 4 members (excludes halogenated alkanes) is 1. The topological polar surface area (TPSA) is 96.0 Å². The van der Waals surface area contributed by atoms with Gasteiger partial charge in [0, 0.05) is 24.0 Å². The van der Waals surface area contributed by atoms with Crippen LogP contribution in [0.25, 0.3) is 0 Å². The monoisotopic (exact) mass is 723 g/mol. The Hall–Kier alpha value is -4.22.